The zero-order chi connectivity index (χ0) is 15.2. The van der Waals surface area contributed by atoms with Crippen LogP contribution in [0.15, 0.2) is 36.4 Å². The standard InChI is InChI=1S/C20H24O/c1-6-14-7-10-18-17(11-14)20(4,5)16-9-8-15(13(2)3)12-19(16)21-18/h7-13H,6H2,1-5H3. The Morgan fingerprint density at radius 2 is 1.71 bits per heavy atom. The molecule has 0 unspecified atom stereocenters. The van der Waals surface area contributed by atoms with E-state index >= 15 is 0 Å². The summed E-state index contributed by atoms with van der Waals surface area (Å²) in [5, 5.41) is 0. The first kappa shape index (κ1) is 14.2. The fraction of sp³-hybridized carbons (Fsp3) is 0.400. The largest absolute Gasteiger partial charge is 0.457 e. The fourth-order valence-electron chi connectivity index (χ4n) is 3.14. The predicted molar refractivity (Wildman–Crippen MR) is 88.6 cm³/mol. The van der Waals surface area contributed by atoms with Gasteiger partial charge in [-0.1, -0.05) is 58.9 Å². The van der Waals surface area contributed by atoms with E-state index < -0.39 is 0 Å². The van der Waals surface area contributed by atoms with Crippen molar-refractivity contribution in [1.82, 2.24) is 0 Å². The first-order chi connectivity index (χ1) is 9.93. The van der Waals surface area contributed by atoms with Gasteiger partial charge in [0.05, 0.1) is 0 Å². The second kappa shape index (κ2) is 4.91. The van der Waals surface area contributed by atoms with Crippen LogP contribution in [-0.4, -0.2) is 0 Å². The summed E-state index contributed by atoms with van der Waals surface area (Å²) in [6, 6.07) is 13.3. The van der Waals surface area contributed by atoms with E-state index in [4.69, 9.17) is 4.74 Å². The Kier molecular flexibility index (Phi) is 3.32. The molecule has 0 saturated heterocycles. The Morgan fingerprint density at radius 3 is 2.38 bits per heavy atom. The lowest BCUT2D eigenvalue weighted by Gasteiger charge is -2.35. The van der Waals surface area contributed by atoms with Gasteiger partial charge in [-0.15, -0.1) is 0 Å². The maximum absolute atomic E-state index is 6.20. The molecule has 0 aromatic heterocycles. The van der Waals surface area contributed by atoms with Crippen LogP contribution in [0, 0.1) is 0 Å². The van der Waals surface area contributed by atoms with E-state index in [1.165, 1.54) is 22.3 Å². The zero-order valence-electron chi connectivity index (χ0n) is 13.7. The van der Waals surface area contributed by atoms with Gasteiger partial charge < -0.3 is 4.74 Å². The van der Waals surface area contributed by atoms with Crippen LogP contribution in [0.1, 0.15) is 62.8 Å². The lowest BCUT2D eigenvalue weighted by atomic mass is 9.74. The Bertz CT molecular complexity index is 680. The average molecular weight is 280 g/mol. The molecule has 21 heavy (non-hydrogen) atoms. The van der Waals surface area contributed by atoms with E-state index in [-0.39, 0.29) is 5.41 Å². The van der Waals surface area contributed by atoms with Crippen LogP contribution in [0.4, 0.5) is 0 Å². The van der Waals surface area contributed by atoms with E-state index in [0.717, 1.165) is 17.9 Å². The molecule has 1 heteroatoms. The van der Waals surface area contributed by atoms with Crippen molar-refractivity contribution in [1.29, 1.82) is 0 Å². The summed E-state index contributed by atoms with van der Waals surface area (Å²) in [5.41, 5.74) is 5.27. The molecule has 0 N–H and O–H groups in total. The number of hydrogen-bond acceptors (Lipinski definition) is 1. The lowest BCUT2D eigenvalue weighted by molar-refractivity contribution is 0.416. The van der Waals surface area contributed by atoms with Gasteiger partial charge in [-0.2, -0.15) is 0 Å². The first-order valence-electron chi connectivity index (χ1n) is 7.89. The molecule has 1 aliphatic rings. The van der Waals surface area contributed by atoms with Crippen LogP contribution in [0.5, 0.6) is 11.5 Å². The molecule has 1 aliphatic heterocycles. The summed E-state index contributed by atoms with van der Waals surface area (Å²) in [5.74, 6) is 2.54. The third-order valence-electron chi connectivity index (χ3n) is 4.69. The van der Waals surface area contributed by atoms with Crippen molar-refractivity contribution >= 4 is 0 Å². The van der Waals surface area contributed by atoms with Gasteiger partial charge in [0.25, 0.3) is 0 Å². The summed E-state index contributed by atoms with van der Waals surface area (Å²) in [4.78, 5) is 0. The minimum atomic E-state index is -0.0103. The second-order valence-electron chi connectivity index (χ2n) is 6.82. The molecule has 0 bridgehead atoms. The summed E-state index contributed by atoms with van der Waals surface area (Å²) >= 11 is 0. The van der Waals surface area contributed by atoms with Gasteiger partial charge in [0.2, 0.25) is 0 Å². The Hall–Kier alpha value is -1.76. The van der Waals surface area contributed by atoms with Crippen molar-refractivity contribution < 1.29 is 4.74 Å². The number of hydrogen-bond donors (Lipinski definition) is 0. The number of ether oxygens (including phenoxy) is 1. The Balaban J connectivity index is 2.15. The summed E-state index contributed by atoms with van der Waals surface area (Å²) in [6.07, 6.45) is 1.06. The monoisotopic (exact) mass is 280 g/mol. The van der Waals surface area contributed by atoms with Gasteiger partial charge in [-0.25, -0.2) is 0 Å². The normalized spacial score (nSPS) is 15.3. The number of rotatable bonds is 2. The molecule has 0 spiro atoms. The third kappa shape index (κ3) is 2.25. The lowest BCUT2D eigenvalue weighted by Crippen LogP contribution is -2.24. The zero-order valence-corrected chi connectivity index (χ0v) is 13.7. The molecule has 1 nitrogen and oxygen atoms in total. The molecular formula is C20H24O. The predicted octanol–water partition coefficient (Wildman–Crippen LogP) is 5.80. The van der Waals surface area contributed by atoms with Crippen LogP contribution in [-0.2, 0) is 11.8 Å². The second-order valence-corrected chi connectivity index (χ2v) is 6.82. The highest BCUT2D eigenvalue weighted by atomic mass is 16.5. The van der Waals surface area contributed by atoms with Crippen molar-refractivity contribution in [3.8, 4) is 11.5 Å². The van der Waals surface area contributed by atoms with Gasteiger partial charge in [0, 0.05) is 16.5 Å². The average Bonchev–Trinajstić information content (AvgIpc) is 2.46. The molecule has 0 atom stereocenters. The molecule has 0 aliphatic carbocycles. The van der Waals surface area contributed by atoms with E-state index in [9.17, 15) is 0 Å². The maximum Gasteiger partial charge on any atom is 0.131 e. The third-order valence-corrected chi connectivity index (χ3v) is 4.69. The van der Waals surface area contributed by atoms with E-state index in [1.54, 1.807) is 0 Å². The van der Waals surface area contributed by atoms with Gasteiger partial charge in [0.15, 0.2) is 0 Å². The molecule has 3 rings (SSSR count). The highest BCUT2D eigenvalue weighted by Crippen LogP contribution is 2.48. The van der Waals surface area contributed by atoms with E-state index in [1.807, 2.05) is 0 Å². The number of aryl methyl sites for hydroxylation is 1. The highest BCUT2D eigenvalue weighted by molar-refractivity contribution is 5.58. The molecule has 0 radical (unpaired) electrons. The number of benzene rings is 2. The van der Waals surface area contributed by atoms with E-state index in [2.05, 4.69) is 71.0 Å². The van der Waals surface area contributed by atoms with Crippen LogP contribution in [0.2, 0.25) is 0 Å². The summed E-state index contributed by atoms with van der Waals surface area (Å²) in [6.45, 7) is 11.2. The van der Waals surface area contributed by atoms with Crippen molar-refractivity contribution in [3.63, 3.8) is 0 Å². The molecule has 0 amide bonds. The van der Waals surface area contributed by atoms with Gasteiger partial charge >= 0.3 is 0 Å². The molecule has 1 heterocycles. The highest BCUT2D eigenvalue weighted by Gasteiger charge is 2.34. The quantitative estimate of drug-likeness (QED) is 0.675. The van der Waals surface area contributed by atoms with Gasteiger partial charge in [0.1, 0.15) is 11.5 Å². The molecule has 2 aromatic carbocycles. The molecule has 110 valence electrons. The SMILES string of the molecule is CCc1ccc2c(c1)C(C)(C)c1ccc(C(C)C)cc1O2. The maximum atomic E-state index is 6.20. The minimum absolute atomic E-state index is 0.0103. The van der Waals surface area contributed by atoms with Gasteiger partial charge in [-0.3, -0.25) is 0 Å². The Labute approximate surface area is 128 Å². The van der Waals surface area contributed by atoms with Crippen LogP contribution < -0.4 is 4.74 Å². The van der Waals surface area contributed by atoms with Crippen LogP contribution in [0.3, 0.4) is 0 Å². The molecular weight excluding hydrogens is 256 g/mol. The van der Waals surface area contributed by atoms with E-state index in [0.29, 0.717) is 5.92 Å². The molecule has 0 fully saturated rings. The van der Waals surface area contributed by atoms with Crippen molar-refractivity contribution in [2.45, 2.75) is 52.4 Å². The van der Waals surface area contributed by atoms with Crippen LogP contribution >= 0.6 is 0 Å². The van der Waals surface area contributed by atoms with Crippen molar-refractivity contribution in [2.75, 3.05) is 0 Å². The molecule has 0 saturated carbocycles. The first-order valence-corrected chi connectivity index (χ1v) is 7.89. The van der Waals surface area contributed by atoms with Crippen LogP contribution in [0.25, 0.3) is 0 Å². The fourth-order valence-corrected chi connectivity index (χ4v) is 3.14. The number of fused-ring (bicyclic) bond motifs is 2. The smallest absolute Gasteiger partial charge is 0.131 e. The minimum Gasteiger partial charge on any atom is -0.457 e. The summed E-state index contributed by atoms with van der Waals surface area (Å²) < 4.78 is 6.20. The Morgan fingerprint density at radius 1 is 0.952 bits per heavy atom. The van der Waals surface area contributed by atoms with Crippen molar-refractivity contribution in [2.24, 2.45) is 0 Å². The topological polar surface area (TPSA) is 9.23 Å². The molecule has 2 aromatic rings. The summed E-state index contributed by atoms with van der Waals surface area (Å²) in [7, 11) is 0. The van der Waals surface area contributed by atoms with Crippen molar-refractivity contribution in [3.05, 3.63) is 58.7 Å². The van der Waals surface area contributed by atoms with Gasteiger partial charge in [-0.05, 0) is 35.6 Å².